The highest BCUT2D eigenvalue weighted by Crippen LogP contribution is 2.37. The topological polar surface area (TPSA) is 91.7 Å². The number of aryl methyl sites for hydroxylation is 1. The van der Waals surface area contributed by atoms with Gasteiger partial charge in [0, 0.05) is 25.4 Å². The van der Waals surface area contributed by atoms with Crippen molar-refractivity contribution in [1.29, 1.82) is 0 Å². The Morgan fingerprint density at radius 3 is 2.88 bits per heavy atom. The number of aromatic nitrogens is 2. The van der Waals surface area contributed by atoms with Crippen LogP contribution >= 0.6 is 0 Å². The summed E-state index contributed by atoms with van der Waals surface area (Å²) < 4.78 is 47.4. The van der Waals surface area contributed by atoms with E-state index in [0.717, 1.165) is 12.0 Å². The summed E-state index contributed by atoms with van der Waals surface area (Å²) in [5.41, 5.74) is 0.856. The number of sulfonamides is 1. The molecule has 1 fully saturated rings. The molecule has 1 saturated heterocycles. The van der Waals surface area contributed by atoms with Crippen molar-refractivity contribution >= 4 is 10.0 Å². The molecule has 2 aliphatic rings. The summed E-state index contributed by atoms with van der Waals surface area (Å²) in [5.74, 6) is 0.712. The normalized spacial score (nSPS) is 23.0. The van der Waals surface area contributed by atoms with Crippen LogP contribution < -0.4 is 14.2 Å². The number of hydrogen-bond acceptors (Lipinski definition) is 6. The van der Waals surface area contributed by atoms with Crippen LogP contribution in [0.4, 0.5) is 0 Å². The monoisotopic (exact) mass is 379 g/mol. The third-order valence-corrected chi connectivity index (χ3v) is 6.02. The van der Waals surface area contributed by atoms with Gasteiger partial charge in [-0.15, -0.1) is 0 Å². The predicted molar refractivity (Wildman–Crippen MR) is 92.7 cm³/mol. The van der Waals surface area contributed by atoms with Gasteiger partial charge in [0.1, 0.15) is 24.2 Å². The second kappa shape index (κ2) is 6.90. The van der Waals surface area contributed by atoms with E-state index >= 15 is 0 Å². The number of nitrogens with zero attached hydrogens (tertiary/aromatic N) is 2. The van der Waals surface area contributed by atoms with E-state index in [9.17, 15) is 8.42 Å². The molecular weight excluding hydrogens is 358 g/mol. The van der Waals surface area contributed by atoms with Gasteiger partial charge in [-0.1, -0.05) is 6.07 Å². The van der Waals surface area contributed by atoms with Gasteiger partial charge >= 0.3 is 0 Å². The molecule has 0 bridgehead atoms. The fourth-order valence-corrected chi connectivity index (χ4v) is 4.77. The van der Waals surface area contributed by atoms with Crippen LogP contribution in [0.5, 0.6) is 11.5 Å². The van der Waals surface area contributed by atoms with Gasteiger partial charge in [-0.05, 0) is 25.0 Å². The Balaban J connectivity index is 1.62. The zero-order valence-corrected chi connectivity index (χ0v) is 15.2. The molecule has 1 aromatic heterocycles. The number of nitrogens with one attached hydrogen (secondary N) is 1. The summed E-state index contributed by atoms with van der Waals surface area (Å²) in [6.45, 7) is 1.32. The smallest absolute Gasteiger partial charge is 0.244 e. The molecule has 2 atom stereocenters. The van der Waals surface area contributed by atoms with E-state index < -0.39 is 10.0 Å². The second-order valence-electron chi connectivity index (χ2n) is 6.39. The fourth-order valence-electron chi connectivity index (χ4n) is 3.34. The highest BCUT2D eigenvalue weighted by molar-refractivity contribution is 7.89. The maximum atomic E-state index is 13.0. The van der Waals surface area contributed by atoms with E-state index in [-0.39, 0.29) is 22.8 Å². The van der Waals surface area contributed by atoms with E-state index in [4.69, 9.17) is 14.2 Å². The molecule has 2 aromatic rings. The van der Waals surface area contributed by atoms with Crippen molar-refractivity contribution in [3.63, 3.8) is 0 Å². The van der Waals surface area contributed by atoms with E-state index in [1.807, 2.05) is 13.2 Å². The van der Waals surface area contributed by atoms with Gasteiger partial charge < -0.3 is 14.2 Å². The first-order valence-electron chi connectivity index (χ1n) is 8.56. The Kier molecular flexibility index (Phi) is 4.60. The third kappa shape index (κ3) is 3.29. The number of ether oxygens (including phenoxy) is 3. The van der Waals surface area contributed by atoms with Crippen molar-refractivity contribution in [2.75, 3.05) is 19.8 Å². The SMILES string of the molecule is Cn1cc([C@H]2OCCC[C@@H]2NS(=O)(=O)c2cccc3c2OCCO3)cn1. The first-order chi connectivity index (χ1) is 12.5. The lowest BCUT2D eigenvalue weighted by Gasteiger charge is -2.32. The molecule has 4 rings (SSSR count). The van der Waals surface area contributed by atoms with Crippen molar-refractivity contribution < 1.29 is 22.6 Å². The largest absolute Gasteiger partial charge is 0.486 e. The minimum Gasteiger partial charge on any atom is -0.486 e. The Labute approximate surface area is 152 Å². The van der Waals surface area contributed by atoms with Crippen molar-refractivity contribution in [2.24, 2.45) is 7.05 Å². The molecule has 2 aliphatic heterocycles. The zero-order valence-electron chi connectivity index (χ0n) is 14.4. The fraction of sp³-hybridized carbons (Fsp3) is 0.471. The van der Waals surface area contributed by atoms with Crippen molar-refractivity contribution in [3.05, 3.63) is 36.2 Å². The van der Waals surface area contributed by atoms with Crippen molar-refractivity contribution in [2.45, 2.75) is 29.9 Å². The number of hydrogen-bond donors (Lipinski definition) is 1. The minimum atomic E-state index is -3.80. The van der Waals surface area contributed by atoms with E-state index in [1.54, 1.807) is 23.0 Å². The average molecular weight is 379 g/mol. The number of rotatable bonds is 4. The van der Waals surface area contributed by atoms with Gasteiger partial charge in [0.25, 0.3) is 0 Å². The standard InChI is InChI=1S/C17H21N3O5S/c1-20-11-12(10-18-20)16-13(4-3-7-24-16)19-26(21,22)15-6-2-5-14-17(15)25-9-8-23-14/h2,5-6,10-11,13,16,19H,3-4,7-9H2,1H3/t13-,16+/m0/s1. The molecule has 0 unspecified atom stereocenters. The van der Waals surface area contributed by atoms with E-state index in [0.29, 0.717) is 32.0 Å². The molecule has 0 spiro atoms. The van der Waals surface area contributed by atoms with Gasteiger partial charge in [0.2, 0.25) is 10.0 Å². The van der Waals surface area contributed by atoms with Crippen LogP contribution in [0.25, 0.3) is 0 Å². The minimum absolute atomic E-state index is 0.0882. The summed E-state index contributed by atoms with van der Waals surface area (Å²) in [5, 5.41) is 4.16. The summed E-state index contributed by atoms with van der Waals surface area (Å²) in [6.07, 6.45) is 4.66. The molecular formula is C17H21N3O5S. The molecule has 140 valence electrons. The summed E-state index contributed by atoms with van der Waals surface area (Å²) >= 11 is 0. The Hall–Kier alpha value is -2.10. The molecule has 3 heterocycles. The van der Waals surface area contributed by atoms with E-state index in [2.05, 4.69) is 9.82 Å². The molecule has 0 aliphatic carbocycles. The van der Waals surface area contributed by atoms with Gasteiger partial charge in [-0.3, -0.25) is 4.68 Å². The zero-order chi connectivity index (χ0) is 18.1. The molecule has 0 amide bonds. The molecule has 9 heteroatoms. The van der Waals surface area contributed by atoms with Crippen LogP contribution in [-0.4, -0.2) is 44.1 Å². The number of fused-ring (bicyclic) bond motifs is 1. The van der Waals surface area contributed by atoms with Crippen LogP contribution in [-0.2, 0) is 21.8 Å². The van der Waals surface area contributed by atoms with Crippen LogP contribution in [0.2, 0.25) is 0 Å². The van der Waals surface area contributed by atoms with Crippen molar-refractivity contribution in [1.82, 2.24) is 14.5 Å². The van der Waals surface area contributed by atoms with Crippen LogP contribution in [0, 0.1) is 0 Å². The van der Waals surface area contributed by atoms with Gasteiger partial charge in [-0.25, -0.2) is 13.1 Å². The molecule has 1 N–H and O–H groups in total. The summed E-state index contributed by atoms with van der Waals surface area (Å²) in [4.78, 5) is 0.0882. The summed E-state index contributed by atoms with van der Waals surface area (Å²) in [7, 11) is -1.98. The lowest BCUT2D eigenvalue weighted by molar-refractivity contribution is -0.00448. The van der Waals surface area contributed by atoms with Crippen molar-refractivity contribution in [3.8, 4) is 11.5 Å². The molecule has 8 nitrogen and oxygen atoms in total. The lowest BCUT2D eigenvalue weighted by atomic mass is 9.99. The first-order valence-corrected chi connectivity index (χ1v) is 10.0. The predicted octanol–water partition coefficient (Wildman–Crippen LogP) is 1.39. The lowest BCUT2D eigenvalue weighted by Crippen LogP contribution is -2.42. The third-order valence-electron chi connectivity index (χ3n) is 4.50. The van der Waals surface area contributed by atoms with Gasteiger partial charge in [0.05, 0.1) is 12.2 Å². The summed E-state index contributed by atoms with van der Waals surface area (Å²) in [6, 6.07) is 4.50. The quantitative estimate of drug-likeness (QED) is 0.863. The first kappa shape index (κ1) is 17.3. The maximum absolute atomic E-state index is 13.0. The molecule has 0 radical (unpaired) electrons. The second-order valence-corrected chi connectivity index (χ2v) is 8.07. The molecule has 1 aromatic carbocycles. The number of benzene rings is 1. The van der Waals surface area contributed by atoms with Crippen LogP contribution in [0.1, 0.15) is 24.5 Å². The molecule has 26 heavy (non-hydrogen) atoms. The molecule has 0 saturated carbocycles. The van der Waals surface area contributed by atoms with Crippen LogP contribution in [0.3, 0.4) is 0 Å². The average Bonchev–Trinajstić information content (AvgIpc) is 3.07. The highest BCUT2D eigenvalue weighted by Gasteiger charge is 2.34. The van der Waals surface area contributed by atoms with E-state index in [1.165, 1.54) is 6.07 Å². The van der Waals surface area contributed by atoms with Crippen LogP contribution in [0.15, 0.2) is 35.5 Å². The number of para-hydroxylation sites is 1. The highest BCUT2D eigenvalue weighted by atomic mass is 32.2. The van der Waals surface area contributed by atoms with Gasteiger partial charge in [0.15, 0.2) is 11.5 Å². The Bertz CT molecular complexity index is 896. The maximum Gasteiger partial charge on any atom is 0.244 e. The van der Waals surface area contributed by atoms with Gasteiger partial charge in [-0.2, -0.15) is 5.10 Å². The Morgan fingerprint density at radius 2 is 2.08 bits per heavy atom. The Morgan fingerprint density at radius 1 is 1.23 bits per heavy atom.